The molecule has 4 rings (SSSR count). The third kappa shape index (κ3) is 1.51. The van der Waals surface area contributed by atoms with E-state index in [1.54, 1.807) is 6.92 Å². The molecular formula is C15H21NO2. The van der Waals surface area contributed by atoms with Gasteiger partial charge in [0.05, 0.1) is 13.2 Å². The number of hydrogen-bond acceptors (Lipinski definition) is 3. The molecule has 0 heterocycles. The fourth-order valence-electron chi connectivity index (χ4n) is 5.34. The molecule has 4 aliphatic carbocycles. The zero-order chi connectivity index (χ0) is 12.9. The Morgan fingerprint density at radius 2 is 1.67 bits per heavy atom. The number of esters is 1. The SMILES string of the molecule is COC(=O)C(C)(C#N)C1C2CC3CC(C2)CC1C3. The van der Waals surface area contributed by atoms with E-state index < -0.39 is 5.41 Å². The van der Waals surface area contributed by atoms with E-state index in [-0.39, 0.29) is 11.9 Å². The van der Waals surface area contributed by atoms with Gasteiger partial charge in [-0.15, -0.1) is 0 Å². The Morgan fingerprint density at radius 1 is 1.17 bits per heavy atom. The number of nitriles is 1. The van der Waals surface area contributed by atoms with Gasteiger partial charge in [0, 0.05) is 0 Å². The summed E-state index contributed by atoms with van der Waals surface area (Å²) < 4.78 is 4.90. The van der Waals surface area contributed by atoms with Crippen LogP contribution in [0.3, 0.4) is 0 Å². The highest BCUT2D eigenvalue weighted by atomic mass is 16.5. The van der Waals surface area contributed by atoms with E-state index in [0.29, 0.717) is 11.8 Å². The molecule has 0 N–H and O–H groups in total. The first-order chi connectivity index (χ1) is 8.58. The van der Waals surface area contributed by atoms with Gasteiger partial charge in [-0.3, -0.25) is 4.79 Å². The highest BCUT2D eigenvalue weighted by Crippen LogP contribution is 2.60. The average molecular weight is 247 g/mol. The Labute approximate surface area is 108 Å². The summed E-state index contributed by atoms with van der Waals surface area (Å²) in [6, 6.07) is 2.28. The number of carbonyl (C=O) groups is 1. The van der Waals surface area contributed by atoms with Crippen molar-refractivity contribution < 1.29 is 9.53 Å². The lowest BCUT2D eigenvalue weighted by Crippen LogP contribution is -2.53. The average Bonchev–Trinajstić information content (AvgIpc) is 2.36. The fraction of sp³-hybridized carbons (Fsp3) is 0.867. The van der Waals surface area contributed by atoms with Crippen LogP contribution in [0.15, 0.2) is 0 Å². The summed E-state index contributed by atoms with van der Waals surface area (Å²) in [4.78, 5) is 12.0. The molecule has 4 saturated carbocycles. The van der Waals surface area contributed by atoms with Crippen molar-refractivity contribution in [3.05, 3.63) is 0 Å². The van der Waals surface area contributed by atoms with Crippen LogP contribution in [0.4, 0.5) is 0 Å². The molecule has 0 spiro atoms. The molecule has 1 atom stereocenters. The normalized spacial score (nSPS) is 44.2. The summed E-state index contributed by atoms with van der Waals surface area (Å²) in [6.45, 7) is 1.80. The second-order valence-electron chi connectivity index (χ2n) is 6.76. The lowest BCUT2D eigenvalue weighted by Gasteiger charge is -2.57. The number of rotatable bonds is 2. The second kappa shape index (κ2) is 3.98. The van der Waals surface area contributed by atoms with Gasteiger partial charge < -0.3 is 4.74 Å². The van der Waals surface area contributed by atoms with E-state index in [0.717, 1.165) is 11.8 Å². The monoisotopic (exact) mass is 247 g/mol. The number of hydrogen-bond donors (Lipinski definition) is 0. The Balaban J connectivity index is 1.92. The van der Waals surface area contributed by atoms with Crippen LogP contribution in [0, 0.1) is 46.3 Å². The van der Waals surface area contributed by atoms with Crippen molar-refractivity contribution in [2.75, 3.05) is 7.11 Å². The maximum absolute atomic E-state index is 12.0. The lowest BCUT2D eigenvalue weighted by molar-refractivity contribution is -0.161. The fourth-order valence-corrected chi connectivity index (χ4v) is 5.34. The van der Waals surface area contributed by atoms with Crippen LogP contribution in [0.2, 0.25) is 0 Å². The van der Waals surface area contributed by atoms with Crippen LogP contribution in [0.25, 0.3) is 0 Å². The Morgan fingerprint density at radius 3 is 2.06 bits per heavy atom. The van der Waals surface area contributed by atoms with Gasteiger partial charge in [0.25, 0.3) is 0 Å². The van der Waals surface area contributed by atoms with Gasteiger partial charge in [0.15, 0.2) is 5.41 Å². The molecule has 1 unspecified atom stereocenters. The van der Waals surface area contributed by atoms with Crippen LogP contribution in [0.1, 0.15) is 39.0 Å². The van der Waals surface area contributed by atoms with Crippen LogP contribution >= 0.6 is 0 Å². The zero-order valence-electron chi connectivity index (χ0n) is 11.2. The molecule has 4 aliphatic rings. The number of ether oxygens (including phenoxy) is 1. The van der Waals surface area contributed by atoms with Crippen LogP contribution in [-0.2, 0) is 9.53 Å². The summed E-state index contributed by atoms with van der Waals surface area (Å²) in [7, 11) is 1.40. The maximum Gasteiger partial charge on any atom is 0.326 e. The Bertz CT molecular complexity index is 383. The van der Waals surface area contributed by atoms with E-state index in [1.807, 2.05) is 0 Å². The van der Waals surface area contributed by atoms with Crippen molar-refractivity contribution in [1.82, 2.24) is 0 Å². The molecule has 0 radical (unpaired) electrons. The van der Waals surface area contributed by atoms with Gasteiger partial charge in [-0.1, -0.05) is 0 Å². The van der Waals surface area contributed by atoms with Gasteiger partial charge in [-0.05, 0) is 68.6 Å². The van der Waals surface area contributed by atoms with Crippen LogP contribution in [-0.4, -0.2) is 13.1 Å². The molecule has 4 fully saturated rings. The van der Waals surface area contributed by atoms with Crippen molar-refractivity contribution >= 4 is 5.97 Å². The minimum absolute atomic E-state index is 0.225. The number of carbonyl (C=O) groups excluding carboxylic acids is 1. The van der Waals surface area contributed by atoms with Gasteiger partial charge in [0.1, 0.15) is 0 Å². The third-order valence-corrected chi connectivity index (χ3v) is 5.74. The van der Waals surface area contributed by atoms with Gasteiger partial charge in [-0.25, -0.2) is 0 Å². The molecule has 3 heteroatoms. The Kier molecular flexibility index (Phi) is 2.66. The number of methoxy groups -OCH3 is 1. The molecule has 0 aromatic heterocycles. The number of nitrogens with zero attached hydrogens (tertiary/aromatic N) is 1. The smallest absolute Gasteiger partial charge is 0.326 e. The van der Waals surface area contributed by atoms with Crippen molar-refractivity contribution in [2.24, 2.45) is 35.0 Å². The highest BCUT2D eigenvalue weighted by molar-refractivity contribution is 5.80. The maximum atomic E-state index is 12.0. The summed E-state index contributed by atoms with van der Waals surface area (Å²) in [5.74, 6) is 2.77. The Hall–Kier alpha value is -1.04. The van der Waals surface area contributed by atoms with E-state index in [4.69, 9.17) is 4.74 Å². The van der Waals surface area contributed by atoms with Gasteiger partial charge in [0.2, 0.25) is 0 Å². The van der Waals surface area contributed by atoms with Crippen molar-refractivity contribution in [1.29, 1.82) is 5.26 Å². The summed E-state index contributed by atoms with van der Waals surface area (Å²) >= 11 is 0. The van der Waals surface area contributed by atoms with E-state index in [2.05, 4.69) is 6.07 Å². The standard InChI is InChI=1S/C15H21NO2/c1-15(8-16,14(17)18-2)13-11-4-9-3-10(6-11)7-12(13)5-9/h9-13H,3-7H2,1-2H3. The summed E-state index contributed by atoms with van der Waals surface area (Å²) in [6.07, 6.45) is 6.30. The first-order valence-corrected chi connectivity index (χ1v) is 7.08. The highest BCUT2D eigenvalue weighted by Gasteiger charge is 2.57. The quantitative estimate of drug-likeness (QED) is 0.705. The van der Waals surface area contributed by atoms with Crippen molar-refractivity contribution in [3.8, 4) is 6.07 Å². The van der Waals surface area contributed by atoms with Gasteiger partial charge >= 0.3 is 5.97 Å². The third-order valence-electron chi connectivity index (χ3n) is 5.74. The van der Waals surface area contributed by atoms with E-state index >= 15 is 0 Å². The van der Waals surface area contributed by atoms with Crippen LogP contribution in [0.5, 0.6) is 0 Å². The zero-order valence-corrected chi connectivity index (χ0v) is 11.2. The summed E-state index contributed by atoms with van der Waals surface area (Å²) in [5.41, 5.74) is -0.933. The largest absolute Gasteiger partial charge is 0.468 e. The van der Waals surface area contributed by atoms with Crippen LogP contribution < -0.4 is 0 Å². The molecule has 3 nitrogen and oxygen atoms in total. The molecule has 0 aromatic carbocycles. The lowest BCUT2D eigenvalue weighted by atomic mass is 9.47. The van der Waals surface area contributed by atoms with E-state index in [9.17, 15) is 10.1 Å². The minimum atomic E-state index is -0.933. The topological polar surface area (TPSA) is 50.1 Å². The first kappa shape index (κ1) is 12.0. The molecule has 0 amide bonds. The molecule has 98 valence electrons. The van der Waals surface area contributed by atoms with Crippen molar-refractivity contribution in [2.45, 2.75) is 39.0 Å². The molecular weight excluding hydrogens is 226 g/mol. The van der Waals surface area contributed by atoms with Crippen molar-refractivity contribution in [3.63, 3.8) is 0 Å². The van der Waals surface area contributed by atoms with E-state index in [1.165, 1.54) is 39.2 Å². The molecule has 18 heavy (non-hydrogen) atoms. The predicted octanol–water partition coefficient (Wildman–Crippen LogP) is 2.76. The first-order valence-electron chi connectivity index (χ1n) is 7.08. The summed E-state index contributed by atoms with van der Waals surface area (Å²) in [5, 5.41) is 9.52. The molecule has 0 aliphatic heterocycles. The van der Waals surface area contributed by atoms with Gasteiger partial charge in [-0.2, -0.15) is 5.26 Å². The minimum Gasteiger partial charge on any atom is -0.468 e. The molecule has 0 saturated heterocycles. The predicted molar refractivity (Wildman–Crippen MR) is 66.3 cm³/mol. The molecule has 0 aromatic rings. The second-order valence-corrected chi connectivity index (χ2v) is 6.76. The molecule has 4 bridgehead atoms.